The predicted molar refractivity (Wildman–Crippen MR) is 49.7 cm³/mol. The van der Waals surface area contributed by atoms with Gasteiger partial charge in [0, 0.05) is 12.6 Å². The van der Waals surface area contributed by atoms with Crippen molar-refractivity contribution in [2.45, 2.75) is 12.6 Å². The minimum Gasteiger partial charge on any atom is -0.450 e. The van der Waals surface area contributed by atoms with Crippen LogP contribution in [-0.2, 0) is 17.3 Å². The maximum atomic E-state index is 12.3. The summed E-state index contributed by atoms with van der Waals surface area (Å²) in [6, 6.07) is 0.671. The van der Waals surface area contributed by atoms with Gasteiger partial charge in [0.05, 0.1) is 6.61 Å². The Kier molecular flexibility index (Phi) is 3.77. The van der Waals surface area contributed by atoms with Gasteiger partial charge in [0.15, 0.2) is 0 Å². The van der Waals surface area contributed by atoms with Crippen molar-refractivity contribution < 1.29 is 27.8 Å². The van der Waals surface area contributed by atoms with Crippen molar-refractivity contribution in [3.05, 3.63) is 33.7 Å². The lowest BCUT2D eigenvalue weighted by molar-refractivity contribution is -0.138. The van der Waals surface area contributed by atoms with Gasteiger partial charge in [-0.2, -0.15) is 13.2 Å². The molecule has 0 amide bonds. The van der Waals surface area contributed by atoms with Crippen LogP contribution in [0.1, 0.15) is 11.1 Å². The molecule has 0 aliphatic rings. The molecule has 0 atom stereocenters. The third kappa shape index (κ3) is 3.82. The van der Waals surface area contributed by atoms with E-state index in [0.29, 0.717) is 6.07 Å². The Balaban J connectivity index is 2.83. The van der Waals surface area contributed by atoms with Gasteiger partial charge >= 0.3 is 12.3 Å². The van der Waals surface area contributed by atoms with Crippen molar-refractivity contribution >= 4 is 6.16 Å². The number of ether oxygens (including phenoxy) is 1. The standard InChI is InChI=1S/C9H8F3NO4/c10-9(11,12)6-3-5(4-13-7(6)14)1-2-17-8(15)16/h3-4H,1-2H2,(H,13,14)(H,15,16). The van der Waals surface area contributed by atoms with E-state index in [1.807, 2.05) is 4.98 Å². The molecule has 0 spiro atoms. The van der Waals surface area contributed by atoms with E-state index in [1.54, 1.807) is 0 Å². The second-order valence-corrected chi connectivity index (χ2v) is 3.11. The van der Waals surface area contributed by atoms with Crippen molar-refractivity contribution in [3.63, 3.8) is 0 Å². The summed E-state index contributed by atoms with van der Waals surface area (Å²) in [5.74, 6) is 0. The number of aromatic amines is 1. The quantitative estimate of drug-likeness (QED) is 0.800. The normalized spacial score (nSPS) is 11.2. The summed E-state index contributed by atoms with van der Waals surface area (Å²) in [5.41, 5.74) is -2.41. The molecule has 17 heavy (non-hydrogen) atoms. The van der Waals surface area contributed by atoms with E-state index in [1.165, 1.54) is 0 Å². The van der Waals surface area contributed by atoms with Crippen LogP contribution >= 0.6 is 0 Å². The lowest BCUT2D eigenvalue weighted by Crippen LogP contribution is -2.21. The number of aromatic nitrogens is 1. The van der Waals surface area contributed by atoms with Gasteiger partial charge in [-0.1, -0.05) is 0 Å². The van der Waals surface area contributed by atoms with Crippen molar-refractivity contribution in [1.29, 1.82) is 0 Å². The first-order chi connectivity index (χ1) is 7.80. The Bertz CT molecular complexity index is 466. The van der Waals surface area contributed by atoms with Crippen LogP contribution < -0.4 is 5.56 Å². The number of pyridine rings is 1. The molecule has 0 aromatic carbocycles. The second kappa shape index (κ2) is 4.89. The van der Waals surface area contributed by atoms with Crippen molar-refractivity contribution in [2.24, 2.45) is 0 Å². The summed E-state index contributed by atoms with van der Waals surface area (Å²) in [4.78, 5) is 22.8. The van der Waals surface area contributed by atoms with E-state index in [0.717, 1.165) is 6.20 Å². The highest BCUT2D eigenvalue weighted by molar-refractivity contribution is 5.56. The van der Waals surface area contributed by atoms with Gasteiger partial charge in [-0.3, -0.25) is 4.79 Å². The average molecular weight is 251 g/mol. The molecule has 1 heterocycles. The maximum Gasteiger partial charge on any atom is 0.505 e. The van der Waals surface area contributed by atoms with Crippen molar-refractivity contribution in [3.8, 4) is 0 Å². The molecule has 0 radical (unpaired) electrons. The summed E-state index contributed by atoms with van der Waals surface area (Å²) in [6.45, 7) is -0.279. The largest absolute Gasteiger partial charge is 0.505 e. The van der Waals surface area contributed by atoms with Crippen molar-refractivity contribution in [2.75, 3.05) is 6.61 Å². The molecule has 1 aromatic rings. The zero-order chi connectivity index (χ0) is 13.1. The Hall–Kier alpha value is -1.99. The summed E-state index contributed by atoms with van der Waals surface area (Å²) < 4.78 is 41.1. The molecule has 1 aromatic heterocycles. The van der Waals surface area contributed by atoms with E-state index in [9.17, 15) is 22.8 Å². The molecule has 1 rings (SSSR count). The lowest BCUT2D eigenvalue weighted by atomic mass is 10.1. The molecule has 94 valence electrons. The Morgan fingerprint density at radius 1 is 1.47 bits per heavy atom. The molecule has 0 fully saturated rings. The molecule has 0 bridgehead atoms. The Morgan fingerprint density at radius 3 is 2.65 bits per heavy atom. The van der Waals surface area contributed by atoms with E-state index in [4.69, 9.17) is 5.11 Å². The minimum absolute atomic E-state index is 0.0494. The Labute approximate surface area is 92.8 Å². The molecule has 0 saturated heterocycles. The van der Waals surface area contributed by atoms with Crippen LogP contribution in [0.4, 0.5) is 18.0 Å². The third-order valence-corrected chi connectivity index (χ3v) is 1.88. The first kappa shape index (κ1) is 13.1. The van der Waals surface area contributed by atoms with Crippen LogP contribution in [0.3, 0.4) is 0 Å². The third-order valence-electron chi connectivity index (χ3n) is 1.88. The summed E-state index contributed by atoms with van der Waals surface area (Å²) >= 11 is 0. The minimum atomic E-state index is -4.74. The zero-order valence-corrected chi connectivity index (χ0v) is 8.37. The van der Waals surface area contributed by atoms with Gasteiger partial charge in [-0.25, -0.2) is 4.79 Å². The molecular weight excluding hydrogens is 243 g/mol. The second-order valence-electron chi connectivity index (χ2n) is 3.11. The van der Waals surface area contributed by atoms with Gasteiger partial charge < -0.3 is 14.8 Å². The number of H-pyrrole nitrogens is 1. The van der Waals surface area contributed by atoms with Gasteiger partial charge in [0.1, 0.15) is 5.56 Å². The van der Waals surface area contributed by atoms with E-state index in [-0.39, 0.29) is 18.6 Å². The number of hydrogen-bond acceptors (Lipinski definition) is 3. The number of rotatable bonds is 3. The van der Waals surface area contributed by atoms with Gasteiger partial charge in [0.2, 0.25) is 0 Å². The number of halogens is 3. The first-order valence-electron chi connectivity index (χ1n) is 4.45. The monoisotopic (exact) mass is 251 g/mol. The average Bonchev–Trinajstić information content (AvgIpc) is 2.18. The van der Waals surface area contributed by atoms with Crippen LogP contribution in [-0.4, -0.2) is 22.9 Å². The van der Waals surface area contributed by atoms with Crippen molar-refractivity contribution in [1.82, 2.24) is 4.98 Å². The van der Waals surface area contributed by atoms with Crippen LogP contribution in [0.15, 0.2) is 17.1 Å². The number of alkyl halides is 3. The maximum absolute atomic E-state index is 12.3. The zero-order valence-electron chi connectivity index (χ0n) is 8.37. The molecule has 8 heteroatoms. The molecular formula is C9H8F3NO4. The smallest absolute Gasteiger partial charge is 0.450 e. The first-order valence-corrected chi connectivity index (χ1v) is 4.45. The van der Waals surface area contributed by atoms with Gasteiger partial charge in [-0.15, -0.1) is 0 Å². The highest BCUT2D eigenvalue weighted by atomic mass is 19.4. The SMILES string of the molecule is O=C(O)OCCc1c[nH]c(=O)c(C(F)(F)F)c1. The number of carboxylic acid groups (broad SMARTS) is 1. The van der Waals surface area contributed by atoms with Gasteiger partial charge in [0.25, 0.3) is 5.56 Å². The summed E-state index contributed by atoms with van der Waals surface area (Å²) in [6.07, 6.45) is -5.21. The van der Waals surface area contributed by atoms with Crippen LogP contribution in [0, 0.1) is 0 Å². The fraction of sp³-hybridized carbons (Fsp3) is 0.333. The Morgan fingerprint density at radius 2 is 2.12 bits per heavy atom. The highest BCUT2D eigenvalue weighted by Gasteiger charge is 2.33. The topological polar surface area (TPSA) is 79.4 Å². The van der Waals surface area contributed by atoms with Crippen LogP contribution in [0.2, 0.25) is 0 Å². The van der Waals surface area contributed by atoms with Crippen LogP contribution in [0.5, 0.6) is 0 Å². The highest BCUT2D eigenvalue weighted by Crippen LogP contribution is 2.26. The summed E-state index contributed by atoms with van der Waals surface area (Å²) in [5, 5.41) is 8.16. The fourth-order valence-electron chi connectivity index (χ4n) is 1.14. The predicted octanol–water partition coefficient (Wildman–Crippen LogP) is 1.63. The number of nitrogens with one attached hydrogen (secondary N) is 1. The van der Waals surface area contributed by atoms with Crippen LogP contribution in [0.25, 0.3) is 0 Å². The molecule has 0 aliphatic heterocycles. The molecule has 0 unspecified atom stereocenters. The lowest BCUT2D eigenvalue weighted by Gasteiger charge is -2.07. The summed E-state index contributed by atoms with van der Waals surface area (Å²) in [7, 11) is 0. The number of hydrogen-bond donors (Lipinski definition) is 2. The van der Waals surface area contributed by atoms with Gasteiger partial charge in [-0.05, 0) is 11.6 Å². The molecule has 2 N–H and O–H groups in total. The molecule has 5 nitrogen and oxygen atoms in total. The molecule has 0 aliphatic carbocycles. The fourth-order valence-corrected chi connectivity index (χ4v) is 1.14. The van der Waals surface area contributed by atoms with E-state index >= 15 is 0 Å². The molecule has 0 saturated carbocycles. The van der Waals surface area contributed by atoms with E-state index < -0.39 is 23.5 Å². The van der Waals surface area contributed by atoms with E-state index in [2.05, 4.69) is 4.74 Å². The number of carbonyl (C=O) groups is 1.